The smallest absolute Gasteiger partial charge is 0.413 e. The number of hydrogen-bond acceptors (Lipinski definition) is 9. The number of alkyl halides is 2. The zero-order valence-corrected chi connectivity index (χ0v) is 24.1. The van der Waals surface area contributed by atoms with Crippen LogP contribution in [-0.4, -0.2) is 74.4 Å². The number of rotatable bonds is 9. The van der Waals surface area contributed by atoms with Gasteiger partial charge in [0.2, 0.25) is 5.89 Å². The quantitative estimate of drug-likeness (QED) is 0.378. The van der Waals surface area contributed by atoms with Gasteiger partial charge < -0.3 is 24.6 Å². The molecule has 0 spiro atoms. The van der Waals surface area contributed by atoms with E-state index in [9.17, 15) is 23.5 Å². The lowest BCUT2D eigenvalue weighted by Gasteiger charge is -2.41. The zero-order chi connectivity index (χ0) is 30.0. The summed E-state index contributed by atoms with van der Waals surface area (Å²) < 4.78 is 39.7. The lowest BCUT2D eigenvalue weighted by Crippen LogP contribution is -2.51. The summed E-state index contributed by atoms with van der Waals surface area (Å²) in [4.78, 5) is 33.7. The highest BCUT2D eigenvalue weighted by atomic mass is 19.3. The maximum absolute atomic E-state index is 14.5. The van der Waals surface area contributed by atoms with E-state index in [4.69, 9.17) is 9.15 Å². The first-order valence-corrected chi connectivity index (χ1v) is 14.4. The number of nitrogens with zero attached hydrogens (tertiary/aromatic N) is 4. The number of carbonyl (C=O) groups excluding carboxylic acids is 2. The van der Waals surface area contributed by atoms with Crippen molar-refractivity contribution in [1.82, 2.24) is 25.3 Å². The first-order valence-electron chi connectivity index (χ1n) is 14.4. The number of carbonyl (C=O) groups is 2. The van der Waals surface area contributed by atoms with Gasteiger partial charge in [0.1, 0.15) is 23.7 Å². The number of pyridine rings is 1. The van der Waals surface area contributed by atoms with E-state index in [1.807, 2.05) is 5.01 Å². The molecule has 2 fully saturated rings. The minimum absolute atomic E-state index is 0.0241. The van der Waals surface area contributed by atoms with Crippen LogP contribution in [0.5, 0.6) is 0 Å². The maximum Gasteiger partial charge on any atom is 0.413 e. The van der Waals surface area contributed by atoms with Gasteiger partial charge in [-0.05, 0) is 83.3 Å². The summed E-state index contributed by atoms with van der Waals surface area (Å²) in [6.07, 6.45) is 6.08. The van der Waals surface area contributed by atoms with Gasteiger partial charge in [0, 0.05) is 37.2 Å². The summed E-state index contributed by atoms with van der Waals surface area (Å²) in [5, 5.41) is 18.3. The highest BCUT2D eigenvalue weighted by Gasteiger charge is 2.45. The molecule has 0 aromatic carbocycles. The van der Waals surface area contributed by atoms with Crippen LogP contribution >= 0.6 is 0 Å². The lowest BCUT2D eigenvalue weighted by atomic mass is 9.86. The van der Waals surface area contributed by atoms with E-state index in [-0.39, 0.29) is 41.7 Å². The minimum atomic E-state index is -2.71. The molecule has 1 aliphatic heterocycles. The molecule has 42 heavy (non-hydrogen) atoms. The van der Waals surface area contributed by atoms with E-state index in [1.54, 1.807) is 38.0 Å². The summed E-state index contributed by atoms with van der Waals surface area (Å²) >= 11 is 0. The number of hydrogen-bond donors (Lipinski definition) is 3. The second-order valence-corrected chi connectivity index (χ2v) is 12.2. The molecular weight excluding hydrogens is 550 g/mol. The fraction of sp³-hybridized carbons (Fsp3) is 0.586. The van der Waals surface area contributed by atoms with E-state index in [1.165, 1.54) is 12.3 Å². The predicted octanol–water partition coefficient (Wildman–Crippen LogP) is 4.78. The van der Waals surface area contributed by atoms with Gasteiger partial charge in [-0.1, -0.05) is 0 Å². The summed E-state index contributed by atoms with van der Waals surface area (Å²) in [6, 6.07) is 1.86. The van der Waals surface area contributed by atoms with Crippen molar-refractivity contribution in [2.45, 2.75) is 83.4 Å². The van der Waals surface area contributed by atoms with Gasteiger partial charge >= 0.3 is 6.09 Å². The van der Waals surface area contributed by atoms with Crippen molar-refractivity contribution in [3.8, 4) is 11.5 Å². The molecule has 0 radical (unpaired) electrons. The molecule has 3 N–H and O–H groups in total. The average Bonchev–Trinajstić information content (AvgIpc) is 3.47. The molecule has 5 rings (SSSR count). The van der Waals surface area contributed by atoms with E-state index >= 15 is 0 Å². The molecule has 0 saturated heterocycles. The largest absolute Gasteiger partial charge is 0.444 e. The number of aliphatic hydroxyl groups excluding tert-OH is 1. The Hall–Kier alpha value is -3.58. The van der Waals surface area contributed by atoms with Gasteiger partial charge in [0.25, 0.3) is 12.3 Å². The number of nitrogens with one attached hydrogen (secondary N) is 2. The molecule has 1 atom stereocenters. The van der Waals surface area contributed by atoms with Crippen LogP contribution < -0.4 is 10.6 Å². The fourth-order valence-corrected chi connectivity index (χ4v) is 5.40. The Morgan fingerprint density at radius 1 is 1.14 bits per heavy atom. The molecule has 0 bridgehead atoms. The Morgan fingerprint density at radius 2 is 1.86 bits per heavy atom. The van der Waals surface area contributed by atoms with E-state index in [0.717, 1.165) is 44.8 Å². The van der Waals surface area contributed by atoms with Crippen molar-refractivity contribution in [1.29, 1.82) is 0 Å². The first-order chi connectivity index (χ1) is 20.0. The third kappa shape index (κ3) is 7.24. The lowest BCUT2D eigenvalue weighted by molar-refractivity contribution is -0.0804. The Morgan fingerprint density at radius 3 is 2.50 bits per heavy atom. The second-order valence-electron chi connectivity index (χ2n) is 12.2. The number of oxazole rings is 1. The Kier molecular flexibility index (Phi) is 8.78. The standard InChI is InChI=1S/C29H38F2N6O5/c1-29(2,3)42-28(40)35-23-12-19(10-11-32-23)27-34-22(16-41-27)26(39)33-21-14-36(20-8-6-18(15-38)7-9-20)37(13-17-4-5-17)24(21)25(30)31/h10-12,14,16-18,20,24-25,38H,4-9,13,15H2,1-3H3,(H,33,39)(H,32,35,40). The van der Waals surface area contributed by atoms with Crippen molar-refractivity contribution in [3.05, 3.63) is 42.2 Å². The third-order valence-corrected chi connectivity index (χ3v) is 7.67. The minimum Gasteiger partial charge on any atom is -0.444 e. The molecule has 2 aliphatic carbocycles. The van der Waals surface area contributed by atoms with Crippen molar-refractivity contribution in [2.24, 2.45) is 11.8 Å². The molecule has 13 heteroatoms. The van der Waals surface area contributed by atoms with Crippen LogP contribution in [0.2, 0.25) is 0 Å². The molecule has 3 heterocycles. The molecule has 2 amide bonds. The Balaban J connectivity index is 1.30. The molecule has 11 nitrogen and oxygen atoms in total. The van der Waals surface area contributed by atoms with Crippen LogP contribution in [0.15, 0.2) is 40.9 Å². The van der Waals surface area contributed by atoms with E-state index in [0.29, 0.717) is 18.0 Å². The zero-order valence-electron chi connectivity index (χ0n) is 24.1. The molecule has 228 valence electrons. The van der Waals surface area contributed by atoms with Crippen LogP contribution in [0.25, 0.3) is 11.5 Å². The summed E-state index contributed by atoms with van der Waals surface area (Å²) in [5.41, 5.74) is -0.193. The number of anilines is 1. The number of amides is 2. The van der Waals surface area contributed by atoms with Crippen molar-refractivity contribution in [3.63, 3.8) is 0 Å². The molecule has 2 saturated carbocycles. The third-order valence-electron chi connectivity index (χ3n) is 7.67. The first kappa shape index (κ1) is 29.9. The maximum atomic E-state index is 14.5. The van der Waals surface area contributed by atoms with Crippen molar-refractivity contribution in [2.75, 3.05) is 18.5 Å². The SMILES string of the molecule is CC(C)(C)OC(=O)Nc1cc(-c2nc(C(=O)NC3=CN(C4CCC(CO)CC4)N(CC4CC4)C3C(F)F)co2)ccn1. The molecule has 3 aliphatic rings. The normalized spacial score (nSPS) is 23.2. The van der Waals surface area contributed by atoms with E-state index < -0.39 is 30.1 Å². The second kappa shape index (κ2) is 12.3. The van der Waals surface area contributed by atoms with Crippen LogP contribution in [0, 0.1) is 11.8 Å². The topological polar surface area (TPSA) is 133 Å². The number of aliphatic hydroxyl groups is 1. The predicted molar refractivity (Wildman–Crippen MR) is 149 cm³/mol. The van der Waals surface area contributed by atoms with E-state index in [2.05, 4.69) is 20.6 Å². The summed E-state index contributed by atoms with van der Waals surface area (Å²) in [6.45, 7) is 5.86. The van der Waals surface area contributed by atoms with Crippen molar-refractivity contribution < 1.29 is 32.6 Å². The number of aromatic nitrogens is 2. The number of halogens is 2. The van der Waals surface area contributed by atoms with Gasteiger partial charge in [-0.2, -0.15) is 0 Å². The molecule has 2 aromatic heterocycles. The van der Waals surface area contributed by atoms with Crippen molar-refractivity contribution >= 4 is 17.8 Å². The van der Waals surface area contributed by atoms with Gasteiger partial charge in [0.05, 0.1) is 5.70 Å². The molecule has 2 aromatic rings. The van der Waals surface area contributed by atoms with Gasteiger partial charge in [-0.3, -0.25) is 10.1 Å². The number of ether oxygens (including phenoxy) is 1. The Bertz CT molecular complexity index is 1300. The fourth-order valence-electron chi connectivity index (χ4n) is 5.40. The molecular formula is C29H38F2N6O5. The molecule has 1 unspecified atom stereocenters. The average molecular weight is 589 g/mol. The van der Waals surface area contributed by atoms with Crippen LogP contribution in [0.4, 0.5) is 19.4 Å². The van der Waals surface area contributed by atoms with Gasteiger partial charge in [-0.15, -0.1) is 0 Å². The summed E-state index contributed by atoms with van der Waals surface area (Å²) in [7, 11) is 0. The van der Waals surface area contributed by atoms with Gasteiger partial charge in [0.15, 0.2) is 5.69 Å². The highest BCUT2D eigenvalue weighted by Crippen LogP contribution is 2.38. The highest BCUT2D eigenvalue weighted by molar-refractivity contribution is 5.93. The monoisotopic (exact) mass is 588 g/mol. The van der Waals surface area contributed by atoms with Gasteiger partial charge in [-0.25, -0.2) is 28.6 Å². The van der Waals surface area contributed by atoms with Crippen LogP contribution in [-0.2, 0) is 4.74 Å². The van der Waals surface area contributed by atoms with Crippen LogP contribution in [0.1, 0.15) is 69.8 Å². The summed E-state index contributed by atoms with van der Waals surface area (Å²) in [5.74, 6) is 0.226. The Labute approximate surface area is 243 Å². The van der Waals surface area contributed by atoms with Crippen LogP contribution in [0.3, 0.4) is 0 Å². The number of hydrazine groups is 1.